The number of nitrogens with two attached hydrogens (primary N) is 1. The standard InChI is InChI=1S/C9H12ClNS/c10-9-7(4-5-12-9)8(11)6-2-1-3-6/h4-6,8H,1-3,11H2. The molecule has 1 fully saturated rings. The van der Waals surface area contributed by atoms with Crippen LogP contribution in [0.5, 0.6) is 0 Å². The summed E-state index contributed by atoms with van der Waals surface area (Å²) < 4.78 is 0.870. The molecular weight excluding hydrogens is 190 g/mol. The third-order valence-electron chi connectivity index (χ3n) is 2.66. The fourth-order valence-electron chi connectivity index (χ4n) is 1.60. The fraction of sp³-hybridized carbons (Fsp3) is 0.556. The van der Waals surface area contributed by atoms with Crippen LogP contribution < -0.4 is 5.73 Å². The Morgan fingerprint density at radius 3 is 2.75 bits per heavy atom. The quantitative estimate of drug-likeness (QED) is 0.782. The number of halogens is 1. The van der Waals surface area contributed by atoms with Crippen molar-refractivity contribution < 1.29 is 0 Å². The van der Waals surface area contributed by atoms with Crippen molar-refractivity contribution in [1.29, 1.82) is 0 Å². The van der Waals surface area contributed by atoms with Crippen LogP contribution in [0.4, 0.5) is 0 Å². The molecule has 1 heterocycles. The molecule has 1 aromatic heterocycles. The molecule has 1 nitrogen and oxygen atoms in total. The van der Waals surface area contributed by atoms with Gasteiger partial charge < -0.3 is 5.73 Å². The molecular formula is C9H12ClNS. The Hall–Kier alpha value is -0.0500. The molecule has 0 aromatic carbocycles. The summed E-state index contributed by atoms with van der Waals surface area (Å²) in [5.74, 6) is 0.678. The van der Waals surface area contributed by atoms with Gasteiger partial charge in [-0.2, -0.15) is 0 Å². The van der Waals surface area contributed by atoms with E-state index in [0.717, 1.165) is 9.90 Å². The van der Waals surface area contributed by atoms with E-state index in [9.17, 15) is 0 Å². The van der Waals surface area contributed by atoms with E-state index in [1.807, 2.05) is 5.38 Å². The smallest absolute Gasteiger partial charge is 0.0976 e. The molecule has 1 saturated carbocycles. The van der Waals surface area contributed by atoms with E-state index in [2.05, 4.69) is 6.07 Å². The van der Waals surface area contributed by atoms with Gasteiger partial charge in [0.15, 0.2) is 0 Å². The van der Waals surface area contributed by atoms with Gasteiger partial charge in [-0.05, 0) is 35.8 Å². The van der Waals surface area contributed by atoms with Crippen molar-refractivity contribution in [2.45, 2.75) is 25.3 Å². The van der Waals surface area contributed by atoms with E-state index in [1.54, 1.807) is 11.3 Å². The van der Waals surface area contributed by atoms with Crippen molar-refractivity contribution in [3.63, 3.8) is 0 Å². The van der Waals surface area contributed by atoms with Gasteiger partial charge in [0.2, 0.25) is 0 Å². The maximum atomic E-state index is 6.07. The highest BCUT2D eigenvalue weighted by Gasteiger charge is 2.26. The Balaban J connectivity index is 2.13. The van der Waals surface area contributed by atoms with Crippen LogP contribution in [0.15, 0.2) is 11.4 Å². The van der Waals surface area contributed by atoms with Gasteiger partial charge in [0, 0.05) is 6.04 Å². The van der Waals surface area contributed by atoms with Crippen molar-refractivity contribution in [2.75, 3.05) is 0 Å². The van der Waals surface area contributed by atoms with Gasteiger partial charge in [-0.15, -0.1) is 11.3 Å². The predicted molar refractivity (Wildman–Crippen MR) is 53.6 cm³/mol. The largest absolute Gasteiger partial charge is 0.324 e. The Bertz CT molecular complexity index is 267. The van der Waals surface area contributed by atoms with E-state index >= 15 is 0 Å². The number of hydrogen-bond donors (Lipinski definition) is 1. The first-order chi connectivity index (χ1) is 5.79. The predicted octanol–water partition coefficient (Wildman–Crippen LogP) is 3.20. The second-order valence-corrected chi connectivity index (χ2v) is 4.88. The lowest BCUT2D eigenvalue weighted by Crippen LogP contribution is -2.26. The first-order valence-electron chi connectivity index (χ1n) is 4.27. The van der Waals surface area contributed by atoms with Crippen molar-refractivity contribution in [3.8, 4) is 0 Å². The maximum Gasteiger partial charge on any atom is 0.0976 e. The summed E-state index contributed by atoms with van der Waals surface area (Å²) in [4.78, 5) is 0. The third kappa shape index (κ3) is 1.39. The van der Waals surface area contributed by atoms with Gasteiger partial charge in [0.25, 0.3) is 0 Å². The van der Waals surface area contributed by atoms with Gasteiger partial charge in [0.1, 0.15) is 0 Å². The van der Waals surface area contributed by atoms with Crippen LogP contribution in [0.2, 0.25) is 4.34 Å². The van der Waals surface area contributed by atoms with Crippen molar-refractivity contribution >= 4 is 22.9 Å². The van der Waals surface area contributed by atoms with Crippen LogP contribution in [0.3, 0.4) is 0 Å². The van der Waals surface area contributed by atoms with Crippen LogP contribution in [0.25, 0.3) is 0 Å². The second kappa shape index (κ2) is 3.36. The summed E-state index contributed by atoms with van der Waals surface area (Å²) in [5, 5.41) is 2.01. The summed E-state index contributed by atoms with van der Waals surface area (Å²) in [5.41, 5.74) is 7.21. The first-order valence-corrected chi connectivity index (χ1v) is 5.53. The summed E-state index contributed by atoms with van der Waals surface area (Å²) in [6, 6.07) is 2.23. The van der Waals surface area contributed by atoms with Gasteiger partial charge in [0.05, 0.1) is 4.34 Å². The zero-order valence-corrected chi connectivity index (χ0v) is 8.37. The Labute approximate surface area is 81.5 Å². The van der Waals surface area contributed by atoms with Gasteiger partial charge >= 0.3 is 0 Å². The highest BCUT2D eigenvalue weighted by atomic mass is 35.5. The van der Waals surface area contributed by atoms with Gasteiger partial charge in [-0.25, -0.2) is 0 Å². The van der Waals surface area contributed by atoms with Crippen molar-refractivity contribution in [3.05, 3.63) is 21.3 Å². The number of hydrogen-bond acceptors (Lipinski definition) is 2. The molecule has 2 rings (SSSR count). The highest BCUT2D eigenvalue weighted by molar-refractivity contribution is 7.14. The monoisotopic (exact) mass is 201 g/mol. The zero-order chi connectivity index (χ0) is 8.55. The molecule has 2 N–H and O–H groups in total. The van der Waals surface area contributed by atoms with Crippen molar-refractivity contribution in [2.24, 2.45) is 11.7 Å². The summed E-state index contributed by atoms with van der Waals surface area (Å²) in [6.07, 6.45) is 3.88. The normalized spacial score (nSPS) is 20.5. The Kier molecular flexibility index (Phi) is 2.40. The topological polar surface area (TPSA) is 26.0 Å². The molecule has 1 aliphatic rings. The molecule has 3 heteroatoms. The molecule has 1 aliphatic carbocycles. The number of thiophene rings is 1. The zero-order valence-electron chi connectivity index (χ0n) is 6.79. The first kappa shape index (κ1) is 8.54. The van der Waals surface area contributed by atoms with E-state index < -0.39 is 0 Å². The van der Waals surface area contributed by atoms with E-state index in [-0.39, 0.29) is 6.04 Å². The minimum absolute atomic E-state index is 0.178. The molecule has 66 valence electrons. The van der Waals surface area contributed by atoms with Crippen LogP contribution in [0, 0.1) is 5.92 Å². The molecule has 1 unspecified atom stereocenters. The third-order valence-corrected chi connectivity index (χ3v) is 3.86. The van der Waals surface area contributed by atoms with Crippen molar-refractivity contribution in [1.82, 2.24) is 0 Å². The number of rotatable bonds is 2. The lowest BCUT2D eigenvalue weighted by atomic mass is 9.78. The Morgan fingerprint density at radius 1 is 1.58 bits per heavy atom. The van der Waals surface area contributed by atoms with E-state index in [1.165, 1.54) is 19.3 Å². The second-order valence-electron chi connectivity index (χ2n) is 3.37. The van der Waals surface area contributed by atoms with Crippen LogP contribution in [-0.2, 0) is 0 Å². The van der Waals surface area contributed by atoms with Crippen LogP contribution in [0.1, 0.15) is 30.9 Å². The molecule has 0 radical (unpaired) electrons. The lowest BCUT2D eigenvalue weighted by molar-refractivity contribution is 0.265. The van der Waals surface area contributed by atoms with Gasteiger partial charge in [-0.1, -0.05) is 18.0 Å². The molecule has 0 bridgehead atoms. The average molecular weight is 202 g/mol. The minimum Gasteiger partial charge on any atom is -0.324 e. The summed E-state index contributed by atoms with van der Waals surface area (Å²) in [7, 11) is 0. The summed E-state index contributed by atoms with van der Waals surface area (Å²) >= 11 is 7.57. The molecule has 12 heavy (non-hydrogen) atoms. The fourth-order valence-corrected chi connectivity index (χ4v) is 2.61. The minimum atomic E-state index is 0.178. The maximum absolute atomic E-state index is 6.07. The molecule has 0 amide bonds. The van der Waals surface area contributed by atoms with E-state index in [4.69, 9.17) is 17.3 Å². The molecule has 0 spiro atoms. The molecule has 0 saturated heterocycles. The SMILES string of the molecule is NC(c1ccsc1Cl)C1CCC1. The molecule has 1 atom stereocenters. The molecule has 0 aliphatic heterocycles. The Morgan fingerprint density at radius 2 is 2.33 bits per heavy atom. The summed E-state index contributed by atoms with van der Waals surface area (Å²) in [6.45, 7) is 0. The highest BCUT2D eigenvalue weighted by Crippen LogP contribution is 2.39. The van der Waals surface area contributed by atoms with Crippen LogP contribution in [-0.4, -0.2) is 0 Å². The molecule has 1 aromatic rings. The van der Waals surface area contributed by atoms with Crippen LogP contribution >= 0.6 is 22.9 Å². The van der Waals surface area contributed by atoms with Gasteiger partial charge in [-0.3, -0.25) is 0 Å². The average Bonchev–Trinajstić information content (AvgIpc) is 2.31. The lowest BCUT2D eigenvalue weighted by Gasteiger charge is -2.31. The van der Waals surface area contributed by atoms with E-state index in [0.29, 0.717) is 5.92 Å².